The summed E-state index contributed by atoms with van der Waals surface area (Å²) in [5.41, 5.74) is -0.505. The van der Waals surface area contributed by atoms with Crippen LogP contribution >= 0.6 is 0 Å². The van der Waals surface area contributed by atoms with Crippen molar-refractivity contribution >= 4 is 6.09 Å². The van der Waals surface area contributed by atoms with Crippen LogP contribution < -0.4 is 5.32 Å². The second-order valence-electron chi connectivity index (χ2n) is 5.89. The monoisotopic (exact) mass is 258 g/mol. The van der Waals surface area contributed by atoms with E-state index in [1.807, 2.05) is 20.8 Å². The summed E-state index contributed by atoms with van der Waals surface area (Å²) < 4.78 is 5.18. The molecule has 0 saturated carbocycles. The van der Waals surface area contributed by atoms with Gasteiger partial charge in [0.2, 0.25) is 0 Å². The van der Waals surface area contributed by atoms with E-state index in [0.29, 0.717) is 6.54 Å². The molecule has 1 amide bonds. The van der Waals surface area contributed by atoms with E-state index in [2.05, 4.69) is 10.2 Å². The van der Waals surface area contributed by atoms with Crippen LogP contribution in [-0.2, 0) is 4.74 Å². The van der Waals surface area contributed by atoms with Crippen molar-refractivity contribution in [3.05, 3.63) is 0 Å². The molecule has 1 rings (SSSR count). The zero-order chi connectivity index (χ0) is 13.6. The van der Waals surface area contributed by atoms with Gasteiger partial charge in [0.1, 0.15) is 5.60 Å². The van der Waals surface area contributed by atoms with Gasteiger partial charge in [0.25, 0.3) is 0 Å². The van der Waals surface area contributed by atoms with Gasteiger partial charge < -0.3 is 20.1 Å². The van der Waals surface area contributed by atoms with Crippen molar-refractivity contribution in [2.45, 2.75) is 51.7 Å². The van der Waals surface area contributed by atoms with Crippen molar-refractivity contribution in [2.75, 3.05) is 26.2 Å². The topological polar surface area (TPSA) is 61.8 Å². The number of hydrogen-bond donors (Lipinski definition) is 2. The Hall–Kier alpha value is -0.810. The maximum absolute atomic E-state index is 11.6. The number of ether oxygens (including phenoxy) is 1. The third kappa shape index (κ3) is 6.21. The molecule has 1 saturated heterocycles. The van der Waals surface area contributed by atoms with Gasteiger partial charge in [-0.3, -0.25) is 0 Å². The molecule has 18 heavy (non-hydrogen) atoms. The highest BCUT2D eigenvalue weighted by atomic mass is 16.6. The Morgan fingerprint density at radius 2 is 1.94 bits per heavy atom. The number of aliphatic hydroxyl groups excluding tert-OH is 1. The quantitative estimate of drug-likeness (QED) is 0.799. The Labute approximate surface area is 109 Å². The van der Waals surface area contributed by atoms with E-state index in [-0.39, 0.29) is 12.6 Å². The third-order valence-electron chi connectivity index (χ3n) is 2.87. The van der Waals surface area contributed by atoms with E-state index in [4.69, 9.17) is 4.74 Å². The summed E-state index contributed by atoms with van der Waals surface area (Å²) in [4.78, 5) is 13.9. The highest BCUT2D eigenvalue weighted by Crippen LogP contribution is 2.10. The fraction of sp³-hybridized carbons (Fsp3) is 0.923. The summed E-state index contributed by atoms with van der Waals surface area (Å²) in [5, 5.41) is 12.0. The van der Waals surface area contributed by atoms with Gasteiger partial charge in [0, 0.05) is 6.54 Å². The second-order valence-corrected chi connectivity index (χ2v) is 5.89. The van der Waals surface area contributed by atoms with Gasteiger partial charge in [0.05, 0.1) is 12.6 Å². The Bertz CT molecular complexity index is 257. The van der Waals surface area contributed by atoms with Crippen LogP contribution in [0.3, 0.4) is 0 Å². The zero-order valence-electron chi connectivity index (χ0n) is 11.7. The van der Waals surface area contributed by atoms with Gasteiger partial charge in [-0.05, 0) is 46.7 Å². The molecule has 0 bridgehead atoms. The predicted octanol–water partition coefficient (Wildman–Crippen LogP) is 1.36. The van der Waals surface area contributed by atoms with Crippen molar-refractivity contribution in [1.82, 2.24) is 10.2 Å². The van der Waals surface area contributed by atoms with Gasteiger partial charge >= 0.3 is 6.09 Å². The standard InChI is InChI=1S/C13H26N2O3/c1-13(2,3)18-12(17)14-11(10-16)9-15-7-5-4-6-8-15/h11,16H,4-10H2,1-3H3,(H,14,17). The number of rotatable bonds is 4. The van der Waals surface area contributed by atoms with Gasteiger partial charge in [-0.1, -0.05) is 6.42 Å². The number of carbonyl (C=O) groups is 1. The third-order valence-corrected chi connectivity index (χ3v) is 2.87. The lowest BCUT2D eigenvalue weighted by molar-refractivity contribution is 0.0459. The fourth-order valence-corrected chi connectivity index (χ4v) is 2.08. The van der Waals surface area contributed by atoms with Gasteiger partial charge in [-0.2, -0.15) is 0 Å². The smallest absolute Gasteiger partial charge is 0.407 e. The molecule has 0 radical (unpaired) electrons. The molecule has 5 heteroatoms. The number of nitrogens with one attached hydrogen (secondary N) is 1. The summed E-state index contributed by atoms with van der Waals surface area (Å²) in [6, 6.07) is -0.252. The summed E-state index contributed by atoms with van der Waals surface area (Å²) in [6.45, 7) is 8.20. The molecular weight excluding hydrogens is 232 g/mol. The Balaban J connectivity index is 2.34. The van der Waals surface area contributed by atoms with E-state index < -0.39 is 11.7 Å². The SMILES string of the molecule is CC(C)(C)OC(=O)NC(CO)CN1CCCCC1. The summed E-state index contributed by atoms with van der Waals surface area (Å²) in [5.74, 6) is 0. The predicted molar refractivity (Wildman–Crippen MR) is 70.5 cm³/mol. The van der Waals surface area contributed by atoms with Crippen LogP contribution in [0.4, 0.5) is 4.79 Å². The van der Waals surface area contributed by atoms with Crippen LogP contribution in [-0.4, -0.2) is 54.0 Å². The minimum atomic E-state index is -0.505. The summed E-state index contributed by atoms with van der Waals surface area (Å²) in [6.07, 6.45) is 3.22. The maximum atomic E-state index is 11.6. The lowest BCUT2D eigenvalue weighted by atomic mass is 10.1. The van der Waals surface area contributed by atoms with E-state index in [9.17, 15) is 9.90 Å². The molecule has 106 valence electrons. The highest BCUT2D eigenvalue weighted by Gasteiger charge is 2.21. The molecule has 1 heterocycles. The minimum absolute atomic E-state index is 0.0598. The van der Waals surface area contributed by atoms with Crippen molar-refractivity contribution in [1.29, 1.82) is 0 Å². The van der Waals surface area contributed by atoms with Crippen LogP contribution in [0.25, 0.3) is 0 Å². The lowest BCUT2D eigenvalue weighted by Gasteiger charge is -2.30. The summed E-state index contributed by atoms with van der Waals surface area (Å²) >= 11 is 0. The molecule has 1 atom stereocenters. The largest absolute Gasteiger partial charge is 0.444 e. The molecule has 1 aliphatic heterocycles. The number of alkyl carbamates (subject to hydrolysis) is 1. The molecule has 2 N–H and O–H groups in total. The van der Waals surface area contributed by atoms with E-state index in [1.54, 1.807) is 0 Å². The van der Waals surface area contributed by atoms with Gasteiger partial charge in [-0.25, -0.2) is 4.79 Å². The van der Waals surface area contributed by atoms with Crippen LogP contribution in [0.2, 0.25) is 0 Å². The molecule has 0 aliphatic carbocycles. The molecule has 5 nitrogen and oxygen atoms in total. The maximum Gasteiger partial charge on any atom is 0.407 e. The highest BCUT2D eigenvalue weighted by molar-refractivity contribution is 5.68. The fourth-order valence-electron chi connectivity index (χ4n) is 2.08. The Kier molecular flexibility index (Phi) is 5.88. The Morgan fingerprint density at radius 3 is 2.44 bits per heavy atom. The molecule has 1 aliphatic rings. The van der Waals surface area contributed by atoms with Crippen molar-refractivity contribution in [3.8, 4) is 0 Å². The van der Waals surface area contributed by atoms with Crippen LogP contribution in [0, 0.1) is 0 Å². The molecule has 0 aromatic rings. The minimum Gasteiger partial charge on any atom is -0.444 e. The van der Waals surface area contributed by atoms with Gasteiger partial charge in [0.15, 0.2) is 0 Å². The average molecular weight is 258 g/mol. The van der Waals surface area contributed by atoms with E-state index in [1.165, 1.54) is 19.3 Å². The first kappa shape index (κ1) is 15.2. The zero-order valence-corrected chi connectivity index (χ0v) is 11.7. The molecule has 0 aromatic heterocycles. The van der Waals surface area contributed by atoms with Crippen LogP contribution in [0.5, 0.6) is 0 Å². The summed E-state index contributed by atoms with van der Waals surface area (Å²) in [7, 11) is 0. The first-order valence-corrected chi connectivity index (χ1v) is 6.73. The van der Waals surface area contributed by atoms with Crippen molar-refractivity contribution in [2.24, 2.45) is 0 Å². The number of piperidine rings is 1. The average Bonchev–Trinajstić information content (AvgIpc) is 2.27. The second kappa shape index (κ2) is 6.95. The normalized spacial score (nSPS) is 19.3. The number of carbonyl (C=O) groups excluding carboxylic acids is 1. The first-order valence-electron chi connectivity index (χ1n) is 6.73. The Morgan fingerprint density at radius 1 is 1.33 bits per heavy atom. The molecule has 1 unspecified atom stereocenters. The number of amides is 1. The number of hydrogen-bond acceptors (Lipinski definition) is 4. The number of aliphatic hydroxyl groups is 1. The molecule has 1 fully saturated rings. The molecular formula is C13H26N2O3. The molecule has 0 spiro atoms. The number of likely N-dealkylation sites (tertiary alicyclic amines) is 1. The van der Waals surface area contributed by atoms with Crippen LogP contribution in [0.1, 0.15) is 40.0 Å². The van der Waals surface area contributed by atoms with E-state index >= 15 is 0 Å². The molecule has 0 aromatic carbocycles. The first-order chi connectivity index (χ1) is 8.40. The van der Waals surface area contributed by atoms with Crippen LogP contribution in [0.15, 0.2) is 0 Å². The van der Waals surface area contributed by atoms with E-state index in [0.717, 1.165) is 13.1 Å². The number of nitrogens with zero attached hydrogens (tertiary/aromatic N) is 1. The van der Waals surface area contributed by atoms with Gasteiger partial charge in [-0.15, -0.1) is 0 Å². The van der Waals surface area contributed by atoms with Crippen molar-refractivity contribution in [3.63, 3.8) is 0 Å². The van der Waals surface area contributed by atoms with Crippen molar-refractivity contribution < 1.29 is 14.6 Å². The lowest BCUT2D eigenvalue weighted by Crippen LogP contribution is -2.48.